The Morgan fingerprint density at radius 2 is 1.79 bits per heavy atom. The zero-order chi connectivity index (χ0) is 21.2. The molecule has 0 bridgehead atoms. The average molecular weight is 426 g/mol. The van der Waals surface area contributed by atoms with Crippen molar-refractivity contribution in [2.75, 3.05) is 5.32 Å². The topological polar surface area (TPSA) is 71.1 Å². The molecule has 2 N–H and O–H groups in total. The first-order chi connectivity index (χ1) is 13.6. The summed E-state index contributed by atoms with van der Waals surface area (Å²) in [6.07, 6.45) is 0.402. The van der Waals surface area contributed by atoms with E-state index in [2.05, 4.69) is 36.4 Å². The number of thiazole rings is 1. The third kappa shape index (κ3) is 5.46. The number of hydrogen-bond acceptors (Lipinski definition) is 5. The van der Waals surface area contributed by atoms with E-state index in [1.807, 2.05) is 30.3 Å². The van der Waals surface area contributed by atoms with Gasteiger partial charge in [-0.25, -0.2) is 4.98 Å². The van der Waals surface area contributed by atoms with E-state index >= 15 is 0 Å². The van der Waals surface area contributed by atoms with Gasteiger partial charge in [0.25, 0.3) is 5.91 Å². The predicted octanol–water partition coefficient (Wildman–Crippen LogP) is 4.85. The van der Waals surface area contributed by atoms with Crippen LogP contribution < -0.4 is 10.6 Å². The molecule has 0 saturated heterocycles. The third-order valence-corrected chi connectivity index (χ3v) is 5.50. The molecule has 0 unspecified atom stereocenters. The van der Waals surface area contributed by atoms with E-state index in [9.17, 15) is 9.59 Å². The van der Waals surface area contributed by atoms with E-state index in [-0.39, 0.29) is 22.2 Å². The Hall–Kier alpha value is -2.64. The van der Waals surface area contributed by atoms with E-state index in [0.717, 1.165) is 21.3 Å². The van der Waals surface area contributed by atoms with Crippen LogP contribution in [-0.4, -0.2) is 21.8 Å². The summed E-state index contributed by atoms with van der Waals surface area (Å²) in [7, 11) is 0. The molecule has 0 fully saturated rings. The largest absolute Gasteiger partial charge is 0.308 e. The van der Waals surface area contributed by atoms with Crippen molar-refractivity contribution in [3.05, 3.63) is 59.2 Å². The van der Waals surface area contributed by atoms with Crippen LogP contribution in [0.4, 0.5) is 5.13 Å². The molecule has 1 heterocycles. The summed E-state index contributed by atoms with van der Waals surface area (Å²) in [5.74, 6) is -0.153. The highest BCUT2D eigenvalue weighted by Crippen LogP contribution is 2.27. The Morgan fingerprint density at radius 3 is 2.41 bits per heavy atom. The molecule has 2 aromatic carbocycles. The van der Waals surface area contributed by atoms with Gasteiger partial charge < -0.3 is 5.32 Å². The molecule has 150 valence electrons. The third-order valence-electron chi connectivity index (χ3n) is 4.37. The number of nitrogens with one attached hydrogen (secondary N) is 2. The molecule has 0 radical (unpaired) electrons. The minimum absolute atomic E-state index is 0.0307. The van der Waals surface area contributed by atoms with Gasteiger partial charge in [-0.2, -0.15) is 0 Å². The number of carbonyl (C=O) groups excluding carboxylic acids is 2. The zero-order valence-corrected chi connectivity index (χ0v) is 18.5. The normalized spacial score (nSPS) is 11.3. The highest BCUT2D eigenvalue weighted by atomic mass is 32.1. The fraction of sp³-hybridized carbons (Fsp3) is 0.273. The standard InChI is InChI=1S/C22H23N3O2S2/c1-13(26)11-14-5-10-17-18(12-14)29-21(23-17)25-20(28)24-19(27)15-6-8-16(9-7-15)22(2,3)4/h5-10,12H,11H2,1-4H3,(H2,23,24,25,27,28). The lowest BCUT2D eigenvalue weighted by Gasteiger charge is -2.19. The Kier molecular flexibility index (Phi) is 6.10. The number of benzene rings is 2. The van der Waals surface area contributed by atoms with Crippen molar-refractivity contribution < 1.29 is 9.59 Å². The fourth-order valence-electron chi connectivity index (χ4n) is 2.85. The molecule has 0 atom stereocenters. The van der Waals surface area contributed by atoms with Gasteiger partial charge in [-0.15, -0.1) is 0 Å². The summed E-state index contributed by atoms with van der Waals surface area (Å²) in [6, 6.07) is 13.2. The number of hydrogen-bond donors (Lipinski definition) is 2. The van der Waals surface area contributed by atoms with E-state index in [1.54, 1.807) is 19.1 Å². The molecule has 0 aliphatic rings. The van der Waals surface area contributed by atoms with Crippen molar-refractivity contribution in [1.82, 2.24) is 10.3 Å². The number of ketones is 1. The second-order valence-electron chi connectivity index (χ2n) is 7.94. The SMILES string of the molecule is CC(=O)Cc1ccc2nc(NC(=S)NC(=O)c3ccc(C(C)(C)C)cc3)sc2c1. The quantitative estimate of drug-likeness (QED) is 0.585. The van der Waals surface area contributed by atoms with Gasteiger partial charge in [-0.05, 0) is 59.9 Å². The minimum Gasteiger partial charge on any atom is -0.308 e. The second-order valence-corrected chi connectivity index (χ2v) is 9.37. The molecular weight excluding hydrogens is 402 g/mol. The summed E-state index contributed by atoms with van der Waals surface area (Å²) in [6.45, 7) is 7.95. The first-order valence-electron chi connectivity index (χ1n) is 9.23. The lowest BCUT2D eigenvalue weighted by Crippen LogP contribution is -2.34. The average Bonchev–Trinajstić information content (AvgIpc) is 3.01. The first-order valence-corrected chi connectivity index (χ1v) is 10.5. The molecule has 0 aliphatic heterocycles. The minimum atomic E-state index is -0.271. The van der Waals surface area contributed by atoms with Crippen molar-refractivity contribution in [2.45, 2.75) is 39.5 Å². The van der Waals surface area contributed by atoms with Crippen molar-refractivity contribution in [3.8, 4) is 0 Å². The van der Waals surface area contributed by atoms with E-state index in [4.69, 9.17) is 12.2 Å². The van der Waals surface area contributed by atoms with Crippen LogP contribution in [0.15, 0.2) is 42.5 Å². The Bertz CT molecular complexity index is 1080. The van der Waals surface area contributed by atoms with Crippen molar-refractivity contribution in [3.63, 3.8) is 0 Å². The Balaban J connectivity index is 1.65. The van der Waals surface area contributed by atoms with Crippen molar-refractivity contribution in [2.24, 2.45) is 0 Å². The maximum absolute atomic E-state index is 12.4. The van der Waals surface area contributed by atoms with E-state index in [0.29, 0.717) is 17.1 Å². The van der Waals surface area contributed by atoms with Crippen LogP contribution >= 0.6 is 23.6 Å². The van der Waals surface area contributed by atoms with Gasteiger partial charge in [0.05, 0.1) is 10.2 Å². The molecule has 3 rings (SSSR count). The molecule has 5 nitrogen and oxygen atoms in total. The molecule has 3 aromatic rings. The number of Topliss-reactive ketones (excluding diaryl/α,β-unsaturated/α-hetero) is 1. The van der Waals surface area contributed by atoms with Crippen LogP contribution in [0.1, 0.15) is 49.2 Å². The first kappa shape index (κ1) is 21.1. The van der Waals surface area contributed by atoms with Gasteiger partial charge in [0, 0.05) is 12.0 Å². The number of anilines is 1. The van der Waals surface area contributed by atoms with Crippen LogP contribution in [0.5, 0.6) is 0 Å². The summed E-state index contributed by atoms with van der Waals surface area (Å²) in [4.78, 5) is 28.2. The number of fused-ring (bicyclic) bond motifs is 1. The van der Waals surface area contributed by atoms with E-state index < -0.39 is 0 Å². The molecular formula is C22H23N3O2S2. The summed E-state index contributed by atoms with van der Waals surface area (Å²) in [5, 5.41) is 6.44. The van der Waals surface area contributed by atoms with E-state index in [1.165, 1.54) is 11.3 Å². The van der Waals surface area contributed by atoms with Crippen molar-refractivity contribution >= 4 is 55.7 Å². The second kappa shape index (κ2) is 8.39. The predicted molar refractivity (Wildman–Crippen MR) is 123 cm³/mol. The molecule has 0 aliphatic carbocycles. The summed E-state index contributed by atoms with van der Waals surface area (Å²) >= 11 is 6.69. The Morgan fingerprint density at radius 1 is 1.10 bits per heavy atom. The monoisotopic (exact) mass is 425 g/mol. The van der Waals surface area contributed by atoms with Gasteiger partial charge in [0.2, 0.25) is 0 Å². The van der Waals surface area contributed by atoms with Gasteiger partial charge in [-0.3, -0.25) is 14.9 Å². The smallest absolute Gasteiger partial charge is 0.257 e. The van der Waals surface area contributed by atoms with Crippen LogP contribution in [0, 0.1) is 0 Å². The van der Waals surface area contributed by atoms with Crippen LogP contribution in [0.3, 0.4) is 0 Å². The number of thiocarbonyl (C=S) groups is 1. The Labute approximate surface area is 179 Å². The molecule has 29 heavy (non-hydrogen) atoms. The van der Waals surface area contributed by atoms with Gasteiger partial charge >= 0.3 is 0 Å². The molecule has 0 spiro atoms. The number of nitrogens with zero attached hydrogens (tertiary/aromatic N) is 1. The molecule has 7 heteroatoms. The number of carbonyl (C=O) groups is 2. The number of aromatic nitrogens is 1. The molecule has 1 amide bonds. The van der Waals surface area contributed by atoms with Gasteiger partial charge in [0.15, 0.2) is 10.2 Å². The number of rotatable bonds is 4. The van der Waals surface area contributed by atoms with Crippen LogP contribution in [0.25, 0.3) is 10.2 Å². The fourth-order valence-corrected chi connectivity index (χ4v) is 4.03. The maximum Gasteiger partial charge on any atom is 0.257 e. The molecule has 0 saturated carbocycles. The van der Waals surface area contributed by atoms with Crippen LogP contribution in [0.2, 0.25) is 0 Å². The van der Waals surface area contributed by atoms with Crippen molar-refractivity contribution in [1.29, 1.82) is 0 Å². The lowest BCUT2D eigenvalue weighted by molar-refractivity contribution is -0.116. The number of amides is 1. The van der Waals surface area contributed by atoms with Gasteiger partial charge in [-0.1, -0.05) is 50.3 Å². The highest BCUT2D eigenvalue weighted by molar-refractivity contribution is 7.80. The highest BCUT2D eigenvalue weighted by Gasteiger charge is 2.15. The van der Waals surface area contributed by atoms with Gasteiger partial charge in [0.1, 0.15) is 5.78 Å². The molecule has 1 aromatic heterocycles. The lowest BCUT2D eigenvalue weighted by atomic mass is 9.87. The van der Waals surface area contributed by atoms with Crippen LogP contribution in [-0.2, 0) is 16.6 Å². The maximum atomic E-state index is 12.4. The summed E-state index contributed by atoms with van der Waals surface area (Å²) < 4.78 is 0.957. The summed E-state index contributed by atoms with van der Waals surface area (Å²) in [5.41, 5.74) is 3.50. The zero-order valence-electron chi connectivity index (χ0n) is 16.8.